The van der Waals surface area contributed by atoms with Crippen LogP contribution in [0, 0.1) is 0 Å². The first-order valence-corrected chi connectivity index (χ1v) is 19.5. The van der Waals surface area contributed by atoms with E-state index in [1.165, 1.54) is 0 Å². The number of piperidine rings is 1. The van der Waals surface area contributed by atoms with Gasteiger partial charge in [-0.05, 0) is 93.8 Å². The molecular weight excluding hydrogens is 684 g/mol. The normalized spacial score (nSPS) is 16.5. The summed E-state index contributed by atoms with van der Waals surface area (Å²) in [5, 5.41) is 15.6. The summed E-state index contributed by atoms with van der Waals surface area (Å²) in [6, 6.07) is 24.3. The van der Waals surface area contributed by atoms with E-state index in [4.69, 9.17) is 10.5 Å². The summed E-state index contributed by atoms with van der Waals surface area (Å²) in [7, 11) is 0. The quantitative estimate of drug-likeness (QED) is 0.117. The number of ether oxygens (including phenoxy) is 1. The van der Waals surface area contributed by atoms with Crippen LogP contribution in [0.3, 0.4) is 0 Å². The molecule has 54 heavy (non-hydrogen) atoms. The van der Waals surface area contributed by atoms with Crippen LogP contribution >= 0.6 is 0 Å². The zero-order valence-electron chi connectivity index (χ0n) is 31.3. The van der Waals surface area contributed by atoms with E-state index in [2.05, 4.69) is 20.4 Å². The van der Waals surface area contributed by atoms with E-state index in [1.54, 1.807) is 12.1 Å². The maximum Gasteiger partial charge on any atom is 0.411 e. The molecule has 290 valence electrons. The highest BCUT2D eigenvalue weighted by molar-refractivity contribution is 5.91. The predicted octanol–water partition coefficient (Wildman–Crippen LogP) is 5.51. The highest BCUT2D eigenvalue weighted by Crippen LogP contribution is 2.28. The number of nitrogens with one attached hydrogen (secondary N) is 2. The molecule has 0 bridgehead atoms. The smallest absolute Gasteiger partial charge is 0.411 e. The molecule has 0 unspecified atom stereocenters. The van der Waals surface area contributed by atoms with E-state index in [0.29, 0.717) is 57.7 Å². The van der Waals surface area contributed by atoms with Gasteiger partial charge in [0.05, 0.1) is 11.7 Å². The molecule has 0 aliphatic carbocycles. The Morgan fingerprint density at radius 2 is 1.56 bits per heavy atom. The number of benzene rings is 3. The molecule has 5 rings (SSSR count). The molecule has 0 spiro atoms. The Bertz CT molecular complexity index is 1650. The number of carbonyl (C=O) groups is 4. The summed E-state index contributed by atoms with van der Waals surface area (Å²) in [5.41, 5.74) is 9.17. The van der Waals surface area contributed by atoms with E-state index < -0.39 is 6.09 Å². The molecule has 2 aliphatic heterocycles. The minimum Gasteiger partial charge on any atom is -0.508 e. The molecule has 2 fully saturated rings. The van der Waals surface area contributed by atoms with Crippen LogP contribution in [0.25, 0.3) is 11.1 Å². The fraction of sp³-hybridized carbons (Fsp3) is 0.476. The Kier molecular flexibility index (Phi) is 15.7. The van der Waals surface area contributed by atoms with Gasteiger partial charge in [0.25, 0.3) is 0 Å². The maximum absolute atomic E-state index is 13.3. The van der Waals surface area contributed by atoms with Gasteiger partial charge in [-0.3, -0.25) is 24.6 Å². The third-order valence-electron chi connectivity index (χ3n) is 10.3. The molecule has 3 aromatic carbocycles. The summed E-state index contributed by atoms with van der Waals surface area (Å²) < 4.78 is 5.75. The van der Waals surface area contributed by atoms with Crippen molar-refractivity contribution in [2.45, 2.75) is 82.9 Å². The standard InChI is InChI=1S/C42H56N6O6/c43-41(52)38-15-9-26-47(38)27-10-16-40(51)48(31-32-17-19-34(49)20-18-32)25-8-2-7-24-44-39(50)23-30-46-28-21-35(22-29-46)54-42(53)45-37-14-6-5-13-36(37)33-11-3-1-4-12-33/h1,3-6,11-14,17-20,35,38,49H,2,7-10,15-16,21-31H2,(H2,43,52)(H,44,50)(H,45,53)/t38-/m1/s1. The molecule has 2 aliphatic rings. The third kappa shape index (κ3) is 12.9. The van der Waals surface area contributed by atoms with Gasteiger partial charge < -0.3 is 30.7 Å². The number of unbranched alkanes of at least 4 members (excludes halogenated alkanes) is 2. The number of nitrogens with two attached hydrogens (primary N) is 1. The van der Waals surface area contributed by atoms with Crippen LogP contribution in [0.2, 0.25) is 0 Å². The molecule has 12 nitrogen and oxygen atoms in total. The second-order valence-electron chi connectivity index (χ2n) is 14.3. The topological polar surface area (TPSA) is 158 Å². The lowest BCUT2D eigenvalue weighted by molar-refractivity contribution is -0.132. The number of nitrogens with zero attached hydrogens (tertiary/aromatic N) is 3. The number of phenolic OH excluding ortho intramolecular Hbond substituents is 1. The van der Waals surface area contributed by atoms with Crippen molar-refractivity contribution in [3.8, 4) is 16.9 Å². The van der Waals surface area contributed by atoms with Crippen molar-refractivity contribution in [2.24, 2.45) is 5.73 Å². The Balaban J connectivity index is 0.944. The fourth-order valence-corrected chi connectivity index (χ4v) is 7.30. The number of likely N-dealkylation sites (tertiary alicyclic amines) is 2. The first-order chi connectivity index (χ1) is 26.2. The van der Waals surface area contributed by atoms with Crippen molar-refractivity contribution in [3.05, 3.63) is 84.4 Å². The number of hydrogen-bond donors (Lipinski definition) is 4. The number of phenols is 1. The molecule has 4 amide bonds. The van der Waals surface area contributed by atoms with Crippen LogP contribution in [-0.4, -0.2) is 102 Å². The van der Waals surface area contributed by atoms with Crippen molar-refractivity contribution in [1.29, 1.82) is 0 Å². The lowest BCUT2D eigenvalue weighted by atomic mass is 10.0. The SMILES string of the molecule is NC(=O)[C@H]1CCCN1CCCC(=O)N(CCCCCNC(=O)CCN1CCC(OC(=O)Nc2ccccc2-c2ccccc2)CC1)Cc1ccc(O)cc1. The van der Waals surface area contributed by atoms with Crippen LogP contribution in [0.5, 0.6) is 5.75 Å². The average molecular weight is 741 g/mol. The summed E-state index contributed by atoms with van der Waals surface area (Å²) >= 11 is 0. The van der Waals surface area contributed by atoms with Crippen LogP contribution in [-0.2, 0) is 25.7 Å². The van der Waals surface area contributed by atoms with E-state index in [-0.39, 0.29) is 35.6 Å². The van der Waals surface area contributed by atoms with Gasteiger partial charge in [-0.15, -0.1) is 0 Å². The van der Waals surface area contributed by atoms with Crippen LogP contribution in [0.15, 0.2) is 78.9 Å². The molecule has 0 radical (unpaired) electrons. The average Bonchev–Trinajstić information content (AvgIpc) is 3.66. The molecule has 0 aromatic heterocycles. The van der Waals surface area contributed by atoms with Gasteiger partial charge in [0.15, 0.2) is 0 Å². The van der Waals surface area contributed by atoms with Crippen LogP contribution in [0.1, 0.15) is 69.8 Å². The summed E-state index contributed by atoms with van der Waals surface area (Å²) in [4.78, 5) is 56.5. The number of anilines is 1. The minimum atomic E-state index is -0.457. The van der Waals surface area contributed by atoms with Gasteiger partial charge in [0.1, 0.15) is 11.9 Å². The second-order valence-corrected chi connectivity index (χ2v) is 14.3. The van der Waals surface area contributed by atoms with Crippen molar-refractivity contribution >= 4 is 29.5 Å². The van der Waals surface area contributed by atoms with Crippen LogP contribution < -0.4 is 16.4 Å². The number of primary amides is 1. The molecule has 2 saturated heterocycles. The maximum atomic E-state index is 13.3. The number of carbonyl (C=O) groups excluding carboxylic acids is 4. The van der Waals surface area contributed by atoms with Gasteiger partial charge in [-0.2, -0.15) is 0 Å². The van der Waals surface area contributed by atoms with Gasteiger partial charge in [0, 0.05) is 57.7 Å². The number of para-hydroxylation sites is 1. The number of hydrogen-bond acceptors (Lipinski definition) is 8. The fourth-order valence-electron chi connectivity index (χ4n) is 7.30. The van der Waals surface area contributed by atoms with E-state index in [9.17, 15) is 24.3 Å². The number of rotatable bonds is 19. The first kappa shape index (κ1) is 40.2. The van der Waals surface area contributed by atoms with Gasteiger partial charge in [-0.1, -0.05) is 60.7 Å². The highest BCUT2D eigenvalue weighted by atomic mass is 16.6. The molecule has 5 N–H and O–H groups in total. The Morgan fingerprint density at radius 3 is 2.31 bits per heavy atom. The Hall–Kier alpha value is -4.94. The van der Waals surface area contributed by atoms with Crippen molar-refractivity contribution in [2.75, 3.05) is 51.1 Å². The molecule has 12 heteroatoms. The predicted molar refractivity (Wildman–Crippen MR) is 209 cm³/mol. The van der Waals surface area contributed by atoms with E-state index in [1.807, 2.05) is 71.6 Å². The van der Waals surface area contributed by atoms with E-state index in [0.717, 1.165) is 81.3 Å². The van der Waals surface area contributed by atoms with Crippen LogP contribution in [0.4, 0.5) is 10.5 Å². The van der Waals surface area contributed by atoms with Gasteiger partial charge >= 0.3 is 6.09 Å². The number of aromatic hydroxyl groups is 1. The lowest BCUT2D eigenvalue weighted by Gasteiger charge is -2.31. The highest BCUT2D eigenvalue weighted by Gasteiger charge is 2.29. The monoisotopic (exact) mass is 740 g/mol. The lowest BCUT2D eigenvalue weighted by Crippen LogP contribution is -2.41. The zero-order chi connectivity index (χ0) is 38.1. The van der Waals surface area contributed by atoms with Gasteiger partial charge in [0.2, 0.25) is 17.7 Å². The van der Waals surface area contributed by atoms with Gasteiger partial charge in [-0.25, -0.2) is 4.79 Å². The summed E-state index contributed by atoms with van der Waals surface area (Å²) in [5.74, 6) is -0.0250. The first-order valence-electron chi connectivity index (χ1n) is 19.5. The van der Waals surface area contributed by atoms with Crippen molar-refractivity contribution in [1.82, 2.24) is 20.0 Å². The Labute approximate surface area is 319 Å². The number of amides is 4. The van der Waals surface area contributed by atoms with Crippen molar-refractivity contribution < 1.29 is 29.0 Å². The minimum absolute atomic E-state index is 0.0190. The molecule has 1 atom stereocenters. The molecule has 2 heterocycles. The molecule has 0 saturated carbocycles. The third-order valence-corrected chi connectivity index (χ3v) is 10.3. The molecular formula is C42H56N6O6. The summed E-state index contributed by atoms with van der Waals surface area (Å²) in [6.45, 7) is 5.33. The summed E-state index contributed by atoms with van der Waals surface area (Å²) in [6.07, 6.45) is 6.49. The molecule has 3 aromatic rings. The largest absolute Gasteiger partial charge is 0.508 e. The second kappa shape index (κ2) is 21.1. The van der Waals surface area contributed by atoms with Crippen molar-refractivity contribution in [3.63, 3.8) is 0 Å². The zero-order valence-corrected chi connectivity index (χ0v) is 31.3. The Morgan fingerprint density at radius 1 is 0.815 bits per heavy atom. The van der Waals surface area contributed by atoms with E-state index >= 15 is 0 Å².